The second-order valence-electron chi connectivity index (χ2n) is 4.91. The molecule has 2 heterocycles. The van der Waals surface area contributed by atoms with Crippen LogP contribution in [0.25, 0.3) is 0 Å². The molecule has 1 aliphatic rings. The van der Waals surface area contributed by atoms with Crippen LogP contribution in [0.4, 0.5) is 0 Å². The molecule has 0 amide bonds. The van der Waals surface area contributed by atoms with Gasteiger partial charge in [-0.3, -0.25) is 9.88 Å². The standard InChI is InChI=1S/C12H18BrN3O2S/c1-16(11-2-3-19(17,18)8-11)12(5-14)9-4-10(13)7-15-6-9/h4,6-7,11-12H,2-3,5,8,14H2,1H3. The molecule has 1 saturated heterocycles. The zero-order valence-electron chi connectivity index (χ0n) is 10.8. The van der Waals surface area contributed by atoms with E-state index in [2.05, 4.69) is 25.8 Å². The Balaban J connectivity index is 2.18. The Hall–Kier alpha value is -0.500. The van der Waals surface area contributed by atoms with Gasteiger partial charge in [0.1, 0.15) is 0 Å². The smallest absolute Gasteiger partial charge is 0.151 e. The second-order valence-corrected chi connectivity index (χ2v) is 8.05. The topological polar surface area (TPSA) is 76.3 Å². The highest BCUT2D eigenvalue weighted by molar-refractivity contribution is 9.10. The number of hydrogen-bond acceptors (Lipinski definition) is 5. The molecule has 19 heavy (non-hydrogen) atoms. The van der Waals surface area contributed by atoms with Crippen LogP contribution in [0.1, 0.15) is 18.0 Å². The first kappa shape index (κ1) is 14.9. The van der Waals surface area contributed by atoms with Crippen LogP contribution in [0.5, 0.6) is 0 Å². The normalized spacial score (nSPS) is 23.7. The maximum absolute atomic E-state index is 11.6. The van der Waals surface area contributed by atoms with E-state index in [0.29, 0.717) is 13.0 Å². The van der Waals surface area contributed by atoms with Crippen LogP contribution in [-0.2, 0) is 9.84 Å². The van der Waals surface area contributed by atoms with Crippen molar-refractivity contribution in [3.05, 3.63) is 28.5 Å². The van der Waals surface area contributed by atoms with Crippen molar-refractivity contribution < 1.29 is 8.42 Å². The predicted molar refractivity (Wildman–Crippen MR) is 78.6 cm³/mol. The van der Waals surface area contributed by atoms with Crippen LogP contribution in [0.3, 0.4) is 0 Å². The Morgan fingerprint density at radius 2 is 2.32 bits per heavy atom. The summed E-state index contributed by atoms with van der Waals surface area (Å²) in [5, 5.41) is 0. The number of pyridine rings is 1. The van der Waals surface area contributed by atoms with E-state index in [1.807, 2.05) is 13.1 Å². The van der Waals surface area contributed by atoms with Gasteiger partial charge in [0.25, 0.3) is 0 Å². The zero-order valence-corrected chi connectivity index (χ0v) is 13.2. The van der Waals surface area contributed by atoms with Gasteiger partial charge in [0.2, 0.25) is 0 Å². The number of hydrogen-bond donors (Lipinski definition) is 1. The van der Waals surface area contributed by atoms with Crippen molar-refractivity contribution in [2.75, 3.05) is 25.1 Å². The van der Waals surface area contributed by atoms with Crippen LogP contribution < -0.4 is 5.73 Å². The Kier molecular flexibility index (Phi) is 4.60. The van der Waals surface area contributed by atoms with Gasteiger partial charge < -0.3 is 5.73 Å². The largest absolute Gasteiger partial charge is 0.329 e. The molecule has 2 atom stereocenters. The minimum atomic E-state index is -2.88. The molecule has 106 valence electrons. The lowest BCUT2D eigenvalue weighted by molar-refractivity contribution is 0.192. The van der Waals surface area contributed by atoms with Crippen LogP contribution in [0.15, 0.2) is 22.9 Å². The molecule has 1 aromatic heterocycles. The predicted octanol–water partition coefficient (Wildman–Crippen LogP) is 0.963. The Morgan fingerprint density at radius 3 is 2.84 bits per heavy atom. The summed E-state index contributed by atoms with van der Waals surface area (Å²) in [6, 6.07) is 2.01. The molecular weight excluding hydrogens is 330 g/mol. The Labute approximate surface area is 122 Å². The first-order chi connectivity index (χ1) is 8.93. The first-order valence-electron chi connectivity index (χ1n) is 6.16. The first-order valence-corrected chi connectivity index (χ1v) is 8.77. The monoisotopic (exact) mass is 347 g/mol. The molecule has 2 unspecified atom stereocenters. The number of likely N-dealkylation sites (N-methyl/N-ethyl adjacent to an activating group) is 1. The van der Waals surface area contributed by atoms with Gasteiger partial charge >= 0.3 is 0 Å². The fourth-order valence-corrected chi connectivity index (χ4v) is 4.67. The highest BCUT2D eigenvalue weighted by Gasteiger charge is 2.33. The van der Waals surface area contributed by atoms with Crippen molar-refractivity contribution in [3.63, 3.8) is 0 Å². The van der Waals surface area contributed by atoms with E-state index >= 15 is 0 Å². The molecular formula is C12H18BrN3O2S. The molecule has 2 N–H and O–H groups in total. The summed E-state index contributed by atoms with van der Waals surface area (Å²) < 4.78 is 24.0. The van der Waals surface area contributed by atoms with E-state index in [9.17, 15) is 8.42 Å². The molecule has 0 spiro atoms. The molecule has 7 heteroatoms. The molecule has 2 rings (SSSR count). The third kappa shape index (κ3) is 3.53. The fraction of sp³-hybridized carbons (Fsp3) is 0.583. The lowest BCUT2D eigenvalue weighted by atomic mass is 10.1. The third-order valence-electron chi connectivity index (χ3n) is 3.61. The van der Waals surface area contributed by atoms with Crippen molar-refractivity contribution in [1.82, 2.24) is 9.88 Å². The van der Waals surface area contributed by atoms with E-state index in [1.54, 1.807) is 12.4 Å². The maximum atomic E-state index is 11.6. The van der Waals surface area contributed by atoms with Gasteiger partial charge in [-0.05, 0) is 41.0 Å². The lowest BCUT2D eigenvalue weighted by Crippen LogP contribution is -2.39. The molecule has 1 aromatic rings. The SMILES string of the molecule is CN(C1CCS(=O)(=O)C1)C(CN)c1cncc(Br)c1. The molecule has 1 fully saturated rings. The van der Waals surface area contributed by atoms with Gasteiger partial charge in [-0.15, -0.1) is 0 Å². The molecule has 5 nitrogen and oxygen atoms in total. The summed E-state index contributed by atoms with van der Waals surface area (Å²) in [5.74, 6) is 0.497. The average Bonchev–Trinajstić information content (AvgIpc) is 2.71. The van der Waals surface area contributed by atoms with Crippen LogP contribution >= 0.6 is 15.9 Å². The fourth-order valence-electron chi connectivity index (χ4n) is 2.50. The minimum absolute atomic E-state index is 0.0108. The number of nitrogens with two attached hydrogens (primary N) is 1. The van der Waals surface area contributed by atoms with Crippen molar-refractivity contribution in [3.8, 4) is 0 Å². The summed E-state index contributed by atoms with van der Waals surface area (Å²) in [4.78, 5) is 6.21. The number of nitrogens with zero attached hydrogens (tertiary/aromatic N) is 2. The van der Waals surface area contributed by atoms with Gasteiger partial charge in [-0.1, -0.05) is 0 Å². The second kappa shape index (κ2) is 5.87. The molecule has 0 radical (unpaired) electrons. The average molecular weight is 348 g/mol. The van der Waals surface area contributed by atoms with Gasteiger partial charge in [0.15, 0.2) is 9.84 Å². The lowest BCUT2D eigenvalue weighted by Gasteiger charge is -2.31. The summed E-state index contributed by atoms with van der Waals surface area (Å²) in [6.07, 6.45) is 4.18. The van der Waals surface area contributed by atoms with Crippen molar-refractivity contribution in [2.24, 2.45) is 5.73 Å². The van der Waals surface area contributed by atoms with Crippen molar-refractivity contribution >= 4 is 25.8 Å². The van der Waals surface area contributed by atoms with Gasteiger partial charge in [0.05, 0.1) is 11.5 Å². The number of sulfone groups is 1. The van der Waals surface area contributed by atoms with E-state index in [-0.39, 0.29) is 23.6 Å². The van der Waals surface area contributed by atoms with Gasteiger partial charge in [0, 0.05) is 35.5 Å². The molecule has 0 bridgehead atoms. The van der Waals surface area contributed by atoms with Gasteiger partial charge in [-0.2, -0.15) is 0 Å². The Bertz CT molecular complexity index is 550. The third-order valence-corrected chi connectivity index (χ3v) is 5.79. The van der Waals surface area contributed by atoms with Crippen LogP contribution in [-0.4, -0.2) is 49.4 Å². The van der Waals surface area contributed by atoms with E-state index in [1.165, 1.54) is 0 Å². The van der Waals surface area contributed by atoms with E-state index < -0.39 is 9.84 Å². The number of aromatic nitrogens is 1. The minimum Gasteiger partial charge on any atom is -0.329 e. The van der Waals surface area contributed by atoms with Crippen molar-refractivity contribution in [1.29, 1.82) is 0 Å². The summed E-state index contributed by atoms with van der Waals surface area (Å²) in [6.45, 7) is 0.436. The molecule has 1 aliphatic heterocycles. The Morgan fingerprint density at radius 1 is 1.58 bits per heavy atom. The highest BCUT2D eigenvalue weighted by Crippen LogP contribution is 2.26. The highest BCUT2D eigenvalue weighted by atomic mass is 79.9. The molecule has 0 aliphatic carbocycles. The molecule has 0 saturated carbocycles. The quantitative estimate of drug-likeness (QED) is 0.877. The zero-order chi connectivity index (χ0) is 14.0. The van der Waals surface area contributed by atoms with E-state index in [4.69, 9.17) is 5.73 Å². The molecule has 0 aromatic carbocycles. The number of halogens is 1. The van der Waals surface area contributed by atoms with E-state index in [0.717, 1.165) is 10.0 Å². The summed E-state index contributed by atoms with van der Waals surface area (Å²) in [5.41, 5.74) is 6.86. The summed E-state index contributed by atoms with van der Waals surface area (Å²) in [7, 11) is -0.945. The summed E-state index contributed by atoms with van der Waals surface area (Å²) >= 11 is 3.39. The van der Waals surface area contributed by atoms with Crippen LogP contribution in [0, 0.1) is 0 Å². The number of rotatable bonds is 4. The van der Waals surface area contributed by atoms with Gasteiger partial charge in [-0.25, -0.2) is 8.42 Å². The van der Waals surface area contributed by atoms with Crippen LogP contribution in [0.2, 0.25) is 0 Å². The maximum Gasteiger partial charge on any atom is 0.151 e. The van der Waals surface area contributed by atoms with Crippen molar-refractivity contribution in [2.45, 2.75) is 18.5 Å².